The van der Waals surface area contributed by atoms with E-state index in [9.17, 15) is 0 Å². The Morgan fingerprint density at radius 2 is 2.38 bits per heavy atom. The van der Waals surface area contributed by atoms with Gasteiger partial charge in [0.15, 0.2) is 0 Å². The van der Waals surface area contributed by atoms with Crippen molar-refractivity contribution in [1.29, 1.82) is 5.41 Å². The van der Waals surface area contributed by atoms with Gasteiger partial charge >= 0.3 is 0 Å². The SMILES string of the molecule is CSCC(C)N(C)c1cc(C(=N)N)ccn1. The number of nitrogen functional groups attached to an aromatic ring is 1. The first-order valence-electron chi connectivity index (χ1n) is 5.08. The maximum Gasteiger partial charge on any atom is 0.129 e. The summed E-state index contributed by atoms with van der Waals surface area (Å²) in [5.74, 6) is 1.98. The Morgan fingerprint density at radius 3 is 2.94 bits per heavy atom. The van der Waals surface area contributed by atoms with E-state index in [1.54, 1.807) is 24.0 Å². The normalized spacial score (nSPS) is 12.2. The summed E-state index contributed by atoms with van der Waals surface area (Å²) in [5, 5.41) is 7.39. The van der Waals surface area contributed by atoms with Gasteiger partial charge in [0.1, 0.15) is 11.7 Å². The van der Waals surface area contributed by atoms with Crippen LogP contribution in [0.4, 0.5) is 5.82 Å². The van der Waals surface area contributed by atoms with E-state index in [0.29, 0.717) is 11.6 Å². The molecule has 0 aliphatic heterocycles. The highest BCUT2D eigenvalue weighted by Crippen LogP contribution is 2.15. The fourth-order valence-electron chi connectivity index (χ4n) is 1.36. The molecule has 1 rings (SSSR count). The molecule has 88 valence electrons. The molecule has 0 saturated heterocycles. The van der Waals surface area contributed by atoms with Crippen LogP contribution >= 0.6 is 11.8 Å². The molecule has 0 amide bonds. The van der Waals surface area contributed by atoms with Gasteiger partial charge in [-0.1, -0.05) is 0 Å². The lowest BCUT2D eigenvalue weighted by Gasteiger charge is -2.25. The van der Waals surface area contributed by atoms with E-state index in [1.165, 1.54) is 0 Å². The predicted octanol–water partition coefficient (Wildman–Crippen LogP) is 1.55. The maximum absolute atomic E-state index is 7.39. The van der Waals surface area contributed by atoms with Gasteiger partial charge in [-0.2, -0.15) is 11.8 Å². The number of thioether (sulfide) groups is 1. The topological polar surface area (TPSA) is 66.0 Å². The largest absolute Gasteiger partial charge is 0.384 e. The molecule has 0 aliphatic rings. The molecule has 1 atom stereocenters. The molecule has 4 nitrogen and oxygen atoms in total. The third-order valence-electron chi connectivity index (χ3n) is 2.49. The molecule has 0 bridgehead atoms. The van der Waals surface area contributed by atoms with Crippen molar-refractivity contribution in [3.8, 4) is 0 Å². The van der Waals surface area contributed by atoms with E-state index in [2.05, 4.69) is 23.1 Å². The predicted molar refractivity (Wildman–Crippen MR) is 71.5 cm³/mol. The van der Waals surface area contributed by atoms with Gasteiger partial charge in [0.2, 0.25) is 0 Å². The Kier molecular flexibility index (Phi) is 4.61. The molecule has 5 heteroatoms. The highest BCUT2D eigenvalue weighted by molar-refractivity contribution is 7.98. The van der Waals surface area contributed by atoms with Crippen LogP contribution in [0.1, 0.15) is 12.5 Å². The van der Waals surface area contributed by atoms with Crippen LogP contribution in [-0.2, 0) is 0 Å². The maximum atomic E-state index is 7.39. The molecule has 0 spiro atoms. The minimum Gasteiger partial charge on any atom is -0.384 e. The zero-order valence-corrected chi connectivity index (χ0v) is 10.7. The molecule has 16 heavy (non-hydrogen) atoms. The van der Waals surface area contributed by atoms with E-state index >= 15 is 0 Å². The molecule has 1 unspecified atom stereocenters. The number of amidine groups is 1. The van der Waals surface area contributed by atoms with Gasteiger partial charge in [0.25, 0.3) is 0 Å². The van der Waals surface area contributed by atoms with E-state index in [4.69, 9.17) is 11.1 Å². The van der Waals surface area contributed by atoms with Gasteiger partial charge in [-0.25, -0.2) is 4.98 Å². The monoisotopic (exact) mass is 238 g/mol. The Morgan fingerprint density at radius 1 is 1.69 bits per heavy atom. The fraction of sp³-hybridized carbons (Fsp3) is 0.455. The van der Waals surface area contributed by atoms with Crippen molar-refractivity contribution in [3.05, 3.63) is 23.9 Å². The Hall–Kier alpha value is -1.23. The second-order valence-corrected chi connectivity index (χ2v) is 4.64. The summed E-state index contributed by atoms with van der Waals surface area (Å²) in [5.41, 5.74) is 6.17. The number of hydrogen-bond acceptors (Lipinski definition) is 4. The van der Waals surface area contributed by atoms with Crippen LogP contribution < -0.4 is 10.6 Å². The van der Waals surface area contributed by atoms with Crippen molar-refractivity contribution < 1.29 is 0 Å². The Balaban J connectivity index is 2.86. The second-order valence-electron chi connectivity index (χ2n) is 3.73. The molecule has 3 N–H and O–H groups in total. The highest BCUT2D eigenvalue weighted by Gasteiger charge is 2.11. The Labute approximate surface area is 101 Å². The number of rotatable bonds is 5. The molecule has 1 aromatic heterocycles. The third-order valence-corrected chi connectivity index (χ3v) is 3.30. The van der Waals surface area contributed by atoms with Crippen molar-refractivity contribution in [3.63, 3.8) is 0 Å². The number of nitrogens with one attached hydrogen (secondary N) is 1. The zero-order valence-electron chi connectivity index (χ0n) is 9.90. The molecule has 0 aliphatic carbocycles. The van der Waals surface area contributed by atoms with E-state index < -0.39 is 0 Å². The first-order chi connectivity index (χ1) is 7.56. The number of aromatic nitrogens is 1. The van der Waals surface area contributed by atoms with Crippen LogP contribution in [0.5, 0.6) is 0 Å². The van der Waals surface area contributed by atoms with Gasteiger partial charge < -0.3 is 10.6 Å². The molecule has 0 radical (unpaired) electrons. The molecule has 0 fully saturated rings. The zero-order chi connectivity index (χ0) is 12.1. The van der Waals surface area contributed by atoms with Gasteiger partial charge in [-0.3, -0.25) is 5.41 Å². The van der Waals surface area contributed by atoms with Crippen LogP contribution in [0, 0.1) is 5.41 Å². The van der Waals surface area contributed by atoms with Crippen LogP contribution in [0.25, 0.3) is 0 Å². The summed E-state index contributed by atoms with van der Waals surface area (Å²) >= 11 is 1.81. The lowest BCUT2D eigenvalue weighted by atomic mass is 10.2. The quantitative estimate of drug-likeness (QED) is 0.603. The molecular formula is C11H18N4S. The first-order valence-corrected chi connectivity index (χ1v) is 6.48. The summed E-state index contributed by atoms with van der Waals surface area (Å²) in [6.45, 7) is 2.15. The molecule has 1 heterocycles. The van der Waals surface area contributed by atoms with Crippen LogP contribution in [0.2, 0.25) is 0 Å². The van der Waals surface area contributed by atoms with Crippen molar-refractivity contribution in [2.75, 3.05) is 24.0 Å². The number of hydrogen-bond donors (Lipinski definition) is 2. The second kappa shape index (κ2) is 5.75. The minimum absolute atomic E-state index is 0.0783. The van der Waals surface area contributed by atoms with Crippen molar-refractivity contribution >= 4 is 23.4 Å². The molecule has 0 aromatic carbocycles. The molecule has 1 aromatic rings. The first kappa shape index (κ1) is 12.8. The fourth-order valence-corrected chi connectivity index (χ4v) is 2.06. The molecular weight excluding hydrogens is 220 g/mol. The van der Waals surface area contributed by atoms with Crippen LogP contribution in [0.15, 0.2) is 18.3 Å². The average Bonchev–Trinajstić information content (AvgIpc) is 2.28. The highest BCUT2D eigenvalue weighted by atomic mass is 32.2. The lowest BCUT2D eigenvalue weighted by Crippen LogP contribution is -2.31. The summed E-state index contributed by atoms with van der Waals surface area (Å²) in [6.07, 6.45) is 3.78. The number of anilines is 1. The number of nitrogens with zero attached hydrogens (tertiary/aromatic N) is 2. The van der Waals surface area contributed by atoms with Gasteiger partial charge in [0.05, 0.1) is 0 Å². The smallest absolute Gasteiger partial charge is 0.129 e. The summed E-state index contributed by atoms with van der Waals surface area (Å²) in [7, 11) is 2.01. The average molecular weight is 238 g/mol. The van der Waals surface area contributed by atoms with Crippen molar-refractivity contribution in [2.45, 2.75) is 13.0 Å². The lowest BCUT2D eigenvalue weighted by molar-refractivity contribution is 0.753. The van der Waals surface area contributed by atoms with Crippen molar-refractivity contribution in [2.24, 2.45) is 5.73 Å². The van der Waals surface area contributed by atoms with Gasteiger partial charge in [-0.05, 0) is 25.3 Å². The van der Waals surface area contributed by atoms with E-state index in [-0.39, 0.29) is 5.84 Å². The van der Waals surface area contributed by atoms with E-state index in [0.717, 1.165) is 11.6 Å². The number of nitrogens with two attached hydrogens (primary N) is 1. The Bertz CT molecular complexity index is 367. The van der Waals surface area contributed by atoms with Crippen LogP contribution in [0.3, 0.4) is 0 Å². The number of pyridine rings is 1. The summed E-state index contributed by atoms with van der Waals surface area (Å²) in [6, 6.07) is 4.00. The molecule has 0 saturated carbocycles. The standard InChI is InChI=1S/C11H18N4S/c1-8(7-16-3)15(2)10-6-9(11(12)13)4-5-14-10/h4-6,8H,7H2,1-3H3,(H3,12,13). The summed E-state index contributed by atoms with van der Waals surface area (Å²) < 4.78 is 0. The summed E-state index contributed by atoms with van der Waals surface area (Å²) in [4.78, 5) is 6.39. The van der Waals surface area contributed by atoms with Crippen LogP contribution in [-0.4, -0.2) is 35.9 Å². The third kappa shape index (κ3) is 3.13. The van der Waals surface area contributed by atoms with E-state index in [1.807, 2.05) is 13.1 Å². The minimum atomic E-state index is 0.0783. The van der Waals surface area contributed by atoms with Gasteiger partial charge in [0, 0.05) is 30.6 Å². The van der Waals surface area contributed by atoms with Gasteiger partial charge in [-0.15, -0.1) is 0 Å². The van der Waals surface area contributed by atoms with Crippen molar-refractivity contribution in [1.82, 2.24) is 4.98 Å².